The normalized spacial score (nSPS) is 22.9. The summed E-state index contributed by atoms with van der Waals surface area (Å²) in [6.45, 7) is 0. The van der Waals surface area contributed by atoms with E-state index in [9.17, 15) is 14.9 Å². The molecule has 1 aromatic rings. The zero-order valence-corrected chi connectivity index (χ0v) is 8.71. The highest BCUT2D eigenvalue weighted by atomic mass is 16.6. The van der Waals surface area contributed by atoms with Crippen molar-refractivity contribution in [3.63, 3.8) is 0 Å². The van der Waals surface area contributed by atoms with Crippen molar-refractivity contribution in [1.82, 2.24) is 9.88 Å². The van der Waals surface area contributed by atoms with Gasteiger partial charge in [0.25, 0.3) is 5.91 Å². The van der Waals surface area contributed by atoms with Crippen LogP contribution in [0.2, 0.25) is 0 Å². The first-order chi connectivity index (χ1) is 7.50. The van der Waals surface area contributed by atoms with Crippen molar-refractivity contribution in [3.8, 4) is 0 Å². The number of aromatic nitrogens is 1. The summed E-state index contributed by atoms with van der Waals surface area (Å²) in [6, 6.07) is 2.75. The van der Waals surface area contributed by atoms with Gasteiger partial charge in [0.1, 0.15) is 0 Å². The first-order valence-electron chi connectivity index (χ1n) is 4.87. The number of nitro groups is 1. The highest BCUT2D eigenvalue weighted by molar-refractivity contribution is 5.93. The third-order valence-electron chi connectivity index (χ3n) is 2.67. The number of carbonyl (C=O) groups excluding carboxylic acids is 1. The molecular weight excluding hydrogens is 212 g/mol. The lowest BCUT2D eigenvalue weighted by molar-refractivity contribution is -0.391. The second-order valence-corrected chi connectivity index (χ2v) is 3.87. The lowest BCUT2D eigenvalue weighted by Gasteiger charge is -2.02. The van der Waals surface area contributed by atoms with Gasteiger partial charge in [-0.3, -0.25) is 4.79 Å². The van der Waals surface area contributed by atoms with E-state index in [1.807, 2.05) is 0 Å². The second-order valence-electron chi connectivity index (χ2n) is 3.87. The van der Waals surface area contributed by atoms with E-state index in [2.05, 4.69) is 5.32 Å². The fourth-order valence-electron chi connectivity index (χ4n) is 1.53. The molecule has 1 aliphatic rings. The Morgan fingerprint density at radius 3 is 2.75 bits per heavy atom. The Hall–Kier alpha value is -1.89. The second kappa shape index (κ2) is 3.60. The molecule has 2 unspecified atom stereocenters. The molecule has 1 fully saturated rings. The van der Waals surface area contributed by atoms with E-state index in [0.717, 1.165) is 6.42 Å². The molecule has 2 atom stereocenters. The predicted octanol–water partition coefficient (Wildman–Crippen LogP) is -0.237. The molecule has 1 aromatic heterocycles. The molecule has 0 aromatic carbocycles. The van der Waals surface area contributed by atoms with Crippen molar-refractivity contribution in [2.75, 3.05) is 0 Å². The van der Waals surface area contributed by atoms with Gasteiger partial charge in [0.05, 0.1) is 7.05 Å². The van der Waals surface area contributed by atoms with E-state index < -0.39 is 4.92 Å². The highest BCUT2D eigenvalue weighted by Gasteiger charge is 2.36. The van der Waals surface area contributed by atoms with Crippen molar-refractivity contribution in [3.05, 3.63) is 27.9 Å². The summed E-state index contributed by atoms with van der Waals surface area (Å²) in [5.74, 6) is -0.432. The minimum Gasteiger partial charge on any atom is -0.358 e. The number of rotatable bonds is 3. The maximum Gasteiger partial charge on any atom is 0.323 e. The molecule has 16 heavy (non-hydrogen) atoms. The third-order valence-corrected chi connectivity index (χ3v) is 2.67. The van der Waals surface area contributed by atoms with Crippen molar-refractivity contribution in [2.24, 2.45) is 12.8 Å². The fraction of sp³-hybridized carbons (Fsp3) is 0.444. The number of hydrogen-bond donors (Lipinski definition) is 2. The summed E-state index contributed by atoms with van der Waals surface area (Å²) in [5.41, 5.74) is 5.82. The number of nitrogens with one attached hydrogen (secondary N) is 1. The molecule has 3 N–H and O–H groups in total. The van der Waals surface area contributed by atoms with E-state index in [1.54, 1.807) is 0 Å². The number of amides is 1. The van der Waals surface area contributed by atoms with Crippen LogP contribution >= 0.6 is 0 Å². The minimum atomic E-state index is -0.528. The summed E-state index contributed by atoms with van der Waals surface area (Å²) >= 11 is 0. The van der Waals surface area contributed by atoms with E-state index in [4.69, 9.17) is 5.73 Å². The smallest absolute Gasteiger partial charge is 0.323 e. The van der Waals surface area contributed by atoms with Crippen LogP contribution in [0.15, 0.2) is 12.1 Å². The third kappa shape index (κ3) is 1.76. The Balaban J connectivity index is 2.14. The van der Waals surface area contributed by atoms with E-state index in [-0.39, 0.29) is 29.5 Å². The van der Waals surface area contributed by atoms with Gasteiger partial charge < -0.3 is 21.2 Å². The van der Waals surface area contributed by atoms with Gasteiger partial charge in [-0.2, -0.15) is 0 Å². The van der Waals surface area contributed by atoms with Crippen LogP contribution in [-0.2, 0) is 7.05 Å². The van der Waals surface area contributed by atoms with Crippen LogP contribution in [-0.4, -0.2) is 27.5 Å². The average Bonchev–Trinajstić information content (AvgIpc) is 2.75. The molecule has 7 nitrogen and oxygen atoms in total. The summed E-state index contributed by atoms with van der Waals surface area (Å²) in [5, 5.41) is 13.3. The van der Waals surface area contributed by atoms with E-state index in [0.29, 0.717) is 0 Å². The SMILES string of the molecule is Cn1c(C(=O)NC2CC2N)ccc1[N+](=O)[O-]. The molecule has 1 heterocycles. The maximum absolute atomic E-state index is 11.7. The number of carbonyl (C=O) groups is 1. The van der Waals surface area contributed by atoms with Crippen molar-refractivity contribution in [1.29, 1.82) is 0 Å². The van der Waals surface area contributed by atoms with Gasteiger partial charge in [0, 0.05) is 18.2 Å². The van der Waals surface area contributed by atoms with Gasteiger partial charge in [0.15, 0.2) is 5.69 Å². The Bertz CT molecular complexity index is 454. The van der Waals surface area contributed by atoms with E-state index in [1.165, 1.54) is 23.7 Å². The van der Waals surface area contributed by atoms with Crippen molar-refractivity contribution in [2.45, 2.75) is 18.5 Å². The fourth-order valence-corrected chi connectivity index (χ4v) is 1.53. The Morgan fingerprint density at radius 1 is 1.69 bits per heavy atom. The predicted molar refractivity (Wildman–Crippen MR) is 55.9 cm³/mol. The van der Waals surface area contributed by atoms with Crippen LogP contribution < -0.4 is 11.1 Å². The molecular formula is C9H12N4O3. The van der Waals surface area contributed by atoms with E-state index >= 15 is 0 Å². The number of nitrogens with zero attached hydrogens (tertiary/aromatic N) is 2. The summed E-state index contributed by atoms with van der Waals surface area (Å²) in [4.78, 5) is 21.7. The van der Waals surface area contributed by atoms with Crippen LogP contribution in [0, 0.1) is 10.1 Å². The Kier molecular flexibility index (Phi) is 2.39. The van der Waals surface area contributed by atoms with Crippen LogP contribution in [0.3, 0.4) is 0 Å². The molecule has 86 valence electrons. The highest BCUT2D eigenvalue weighted by Crippen LogP contribution is 2.20. The first kappa shape index (κ1) is 10.6. The molecule has 0 bridgehead atoms. The molecule has 7 heteroatoms. The summed E-state index contributed by atoms with van der Waals surface area (Å²) < 4.78 is 1.25. The zero-order valence-electron chi connectivity index (χ0n) is 8.71. The zero-order chi connectivity index (χ0) is 11.9. The average molecular weight is 224 g/mol. The lowest BCUT2D eigenvalue weighted by Crippen LogP contribution is -2.31. The topological polar surface area (TPSA) is 103 Å². The van der Waals surface area contributed by atoms with Crippen LogP contribution in [0.4, 0.5) is 5.82 Å². The van der Waals surface area contributed by atoms with Crippen LogP contribution in [0.1, 0.15) is 16.9 Å². The number of hydrogen-bond acceptors (Lipinski definition) is 4. The Morgan fingerprint density at radius 2 is 2.31 bits per heavy atom. The lowest BCUT2D eigenvalue weighted by atomic mass is 10.4. The van der Waals surface area contributed by atoms with Gasteiger partial charge in [-0.15, -0.1) is 0 Å². The summed E-state index contributed by atoms with van der Waals surface area (Å²) in [6.07, 6.45) is 0.762. The van der Waals surface area contributed by atoms with Crippen molar-refractivity contribution < 1.29 is 9.72 Å². The van der Waals surface area contributed by atoms with Gasteiger partial charge in [0.2, 0.25) is 0 Å². The Labute approximate surface area is 91.4 Å². The molecule has 1 saturated carbocycles. The largest absolute Gasteiger partial charge is 0.358 e. The van der Waals surface area contributed by atoms with Gasteiger partial charge in [-0.05, 0) is 17.4 Å². The molecule has 0 saturated heterocycles. The van der Waals surface area contributed by atoms with Crippen LogP contribution in [0.25, 0.3) is 0 Å². The molecule has 0 radical (unpaired) electrons. The van der Waals surface area contributed by atoms with Gasteiger partial charge >= 0.3 is 5.82 Å². The minimum absolute atomic E-state index is 0.00135. The quantitative estimate of drug-likeness (QED) is 0.546. The molecule has 1 amide bonds. The standard InChI is InChI=1S/C9H12N4O3/c1-12-7(2-3-8(12)13(15)16)9(14)11-6-4-5(6)10/h2-3,5-6H,4,10H2,1H3,(H,11,14). The molecule has 2 rings (SSSR count). The molecule has 0 aliphatic heterocycles. The summed E-state index contributed by atoms with van der Waals surface area (Å²) in [7, 11) is 1.49. The van der Waals surface area contributed by atoms with Crippen molar-refractivity contribution >= 4 is 11.7 Å². The first-order valence-corrected chi connectivity index (χ1v) is 4.87. The van der Waals surface area contributed by atoms with Gasteiger partial charge in [-0.25, -0.2) is 4.57 Å². The van der Waals surface area contributed by atoms with Gasteiger partial charge in [-0.1, -0.05) is 0 Å². The maximum atomic E-state index is 11.7. The molecule has 1 aliphatic carbocycles. The monoisotopic (exact) mass is 224 g/mol. The molecule has 0 spiro atoms. The van der Waals surface area contributed by atoms with Crippen LogP contribution in [0.5, 0.6) is 0 Å². The number of nitrogens with two attached hydrogens (primary N) is 1.